The lowest BCUT2D eigenvalue weighted by atomic mass is 9.83. The van der Waals surface area contributed by atoms with Crippen LogP contribution in [-0.2, 0) is 7.05 Å². The van der Waals surface area contributed by atoms with Gasteiger partial charge in [0.25, 0.3) is 0 Å². The molecular formula is C15H27N5O2. The lowest BCUT2D eigenvalue weighted by molar-refractivity contribution is -0.384. The maximum atomic E-state index is 11.2. The topological polar surface area (TPSA) is 76.2 Å². The summed E-state index contributed by atoms with van der Waals surface area (Å²) >= 11 is 0. The van der Waals surface area contributed by atoms with Crippen LogP contribution < -0.4 is 5.32 Å². The Bertz CT molecular complexity index is 520. The van der Waals surface area contributed by atoms with Gasteiger partial charge in [-0.2, -0.15) is 5.10 Å². The Labute approximate surface area is 131 Å². The predicted molar refractivity (Wildman–Crippen MR) is 87.1 cm³/mol. The molecule has 0 aromatic carbocycles. The van der Waals surface area contributed by atoms with E-state index in [0.717, 1.165) is 0 Å². The minimum Gasteiger partial charge on any atom is -0.363 e. The van der Waals surface area contributed by atoms with Gasteiger partial charge in [-0.15, -0.1) is 0 Å². The van der Waals surface area contributed by atoms with Crippen LogP contribution in [0, 0.1) is 23.0 Å². The molecule has 7 nitrogen and oxygen atoms in total. The van der Waals surface area contributed by atoms with Crippen LogP contribution in [0.4, 0.5) is 11.5 Å². The Balaban J connectivity index is 2.11. The van der Waals surface area contributed by atoms with Gasteiger partial charge in [0.15, 0.2) is 0 Å². The molecule has 0 bridgehead atoms. The standard InChI is InChI=1S/C15H27N5O2/c1-11-14(20(21)22)15(19(4)17-11)16-10-13(18(2)3)12-8-6-5-7-9-12/h12-13,16H,5-10H2,1-4H3. The van der Waals surface area contributed by atoms with Crippen LogP contribution in [0.15, 0.2) is 0 Å². The van der Waals surface area contributed by atoms with Crippen LogP contribution >= 0.6 is 0 Å². The van der Waals surface area contributed by atoms with Crippen LogP contribution in [0.3, 0.4) is 0 Å². The van der Waals surface area contributed by atoms with Crippen molar-refractivity contribution in [1.29, 1.82) is 0 Å². The first kappa shape index (κ1) is 16.7. The Morgan fingerprint density at radius 2 is 2.05 bits per heavy atom. The molecule has 0 aliphatic heterocycles. The van der Waals surface area contributed by atoms with Crippen molar-refractivity contribution in [2.45, 2.75) is 45.1 Å². The van der Waals surface area contributed by atoms with Crippen molar-refractivity contribution >= 4 is 11.5 Å². The lowest BCUT2D eigenvalue weighted by Gasteiger charge is -2.35. The van der Waals surface area contributed by atoms with Gasteiger partial charge >= 0.3 is 5.69 Å². The molecule has 7 heteroatoms. The Morgan fingerprint density at radius 1 is 1.41 bits per heavy atom. The summed E-state index contributed by atoms with van der Waals surface area (Å²) in [6, 6.07) is 0.384. The largest absolute Gasteiger partial charge is 0.363 e. The fourth-order valence-electron chi connectivity index (χ4n) is 3.55. The second-order valence-electron chi connectivity index (χ2n) is 6.47. The summed E-state index contributed by atoms with van der Waals surface area (Å²) in [7, 11) is 5.92. The zero-order chi connectivity index (χ0) is 16.3. The van der Waals surface area contributed by atoms with Crippen molar-refractivity contribution in [1.82, 2.24) is 14.7 Å². The molecule has 1 aromatic heterocycles. The highest BCUT2D eigenvalue weighted by atomic mass is 16.6. The van der Waals surface area contributed by atoms with Crippen LogP contribution in [0.25, 0.3) is 0 Å². The van der Waals surface area contributed by atoms with Crippen LogP contribution in [0.2, 0.25) is 0 Å². The molecule has 1 aliphatic carbocycles. The third-order valence-electron chi connectivity index (χ3n) is 4.71. The highest BCUT2D eigenvalue weighted by molar-refractivity contribution is 5.59. The summed E-state index contributed by atoms with van der Waals surface area (Å²) in [5.74, 6) is 1.16. The van der Waals surface area contributed by atoms with Gasteiger partial charge in [0.05, 0.1) is 4.92 Å². The lowest BCUT2D eigenvalue weighted by Crippen LogP contribution is -2.41. The quantitative estimate of drug-likeness (QED) is 0.645. The molecule has 1 heterocycles. The third kappa shape index (κ3) is 3.58. The molecule has 1 saturated carbocycles. The van der Waals surface area contributed by atoms with Crippen LogP contribution in [0.1, 0.15) is 37.8 Å². The van der Waals surface area contributed by atoms with E-state index >= 15 is 0 Å². The molecular weight excluding hydrogens is 282 g/mol. The fourth-order valence-corrected chi connectivity index (χ4v) is 3.55. The van der Waals surface area contributed by atoms with Gasteiger partial charge in [0.1, 0.15) is 5.69 Å². The molecule has 1 aromatic rings. The molecule has 0 spiro atoms. The summed E-state index contributed by atoms with van der Waals surface area (Å²) in [4.78, 5) is 13.1. The molecule has 0 radical (unpaired) electrons. The predicted octanol–water partition coefficient (Wildman–Crippen LogP) is 2.56. The average Bonchev–Trinajstić information content (AvgIpc) is 2.74. The van der Waals surface area contributed by atoms with Gasteiger partial charge in [0.2, 0.25) is 5.82 Å². The number of hydrogen-bond donors (Lipinski definition) is 1. The number of rotatable bonds is 6. The number of aromatic nitrogens is 2. The first-order chi connectivity index (χ1) is 10.4. The Hall–Kier alpha value is -1.63. The maximum absolute atomic E-state index is 11.2. The first-order valence-electron chi connectivity index (χ1n) is 8.00. The average molecular weight is 309 g/mol. The monoisotopic (exact) mass is 309 g/mol. The van der Waals surface area contributed by atoms with E-state index in [9.17, 15) is 10.1 Å². The summed E-state index contributed by atoms with van der Waals surface area (Å²) in [6.45, 7) is 2.38. The highest BCUT2D eigenvalue weighted by Crippen LogP contribution is 2.30. The van der Waals surface area contributed by atoms with Crippen molar-refractivity contribution < 1.29 is 4.92 Å². The van der Waals surface area contributed by atoms with E-state index in [1.54, 1.807) is 18.7 Å². The Morgan fingerprint density at radius 3 is 2.59 bits per heavy atom. The van der Waals surface area contributed by atoms with E-state index in [1.807, 2.05) is 0 Å². The molecule has 0 amide bonds. The van der Waals surface area contributed by atoms with Crippen molar-refractivity contribution in [3.63, 3.8) is 0 Å². The van der Waals surface area contributed by atoms with Gasteiger partial charge in [-0.3, -0.25) is 10.1 Å². The number of anilines is 1. The van der Waals surface area contributed by atoms with E-state index in [4.69, 9.17) is 0 Å². The second-order valence-corrected chi connectivity index (χ2v) is 6.47. The molecule has 1 atom stereocenters. The number of hydrogen-bond acceptors (Lipinski definition) is 5. The van der Waals surface area contributed by atoms with E-state index in [-0.39, 0.29) is 10.6 Å². The van der Waals surface area contributed by atoms with E-state index in [0.29, 0.717) is 30.0 Å². The highest BCUT2D eigenvalue weighted by Gasteiger charge is 2.28. The van der Waals surface area contributed by atoms with Crippen molar-refractivity contribution in [2.24, 2.45) is 13.0 Å². The number of likely N-dealkylation sites (N-methyl/N-ethyl adjacent to an activating group) is 1. The van der Waals surface area contributed by atoms with Gasteiger partial charge < -0.3 is 10.2 Å². The number of nitrogens with one attached hydrogen (secondary N) is 1. The SMILES string of the molecule is Cc1nn(C)c(NCC(C2CCCCC2)N(C)C)c1[N+](=O)[O-]. The number of nitro groups is 1. The summed E-state index contributed by atoms with van der Waals surface area (Å²) in [5, 5.41) is 18.7. The molecule has 22 heavy (non-hydrogen) atoms. The normalized spacial score (nSPS) is 17.7. The molecule has 1 aliphatic rings. The Kier molecular flexibility index (Phi) is 5.39. The van der Waals surface area contributed by atoms with Gasteiger partial charge in [-0.1, -0.05) is 19.3 Å². The maximum Gasteiger partial charge on any atom is 0.333 e. The first-order valence-corrected chi connectivity index (χ1v) is 8.00. The second kappa shape index (κ2) is 7.09. The minimum absolute atomic E-state index is 0.0867. The smallest absolute Gasteiger partial charge is 0.333 e. The van der Waals surface area contributed by atoms with Crippen LogP contribution in [0.5, 0.6) is 0 Å². The summed E-state index contributed by atoms with van der Waals surface area (Å²) < 4.78 is 1.57. The summed E-state index contributed by atoms with van der Waals surface area (Å²) in [6.07, 6.45) is 6.41. The van der Waals surface area contributed by atoms with E-state index in [1.165, 1.54) is 32.1 Å². The molecule has 1 unspecified atom stereocenters. The van der Waals surface area contributed by atoms with E-state index < -0.39 is 0 Å². The van der Waals surface area contributed by atoms with Gasteiger partial charge in [-0.05, 0) is 39.8 Å². The van der Waals surface area contributed by atoms with Crippen LogP contribution in [-0.4, -0.2) is 46.3 Å². The molecule has 0 saturated heterocycles. The molecule has 2 rings (SSSR count). The number of nitrogens with zero attached hydrogens (tertiary/aromatic N) is 4. The van der Waals surface area contributed by atoms with Gasteiger partial charge in [-0.25, -0.2) is 4.68 Å². The molecule has 124 valence electrons. The zero-order valence-electron chi connectivity index (χ0n) is 14.0. The molecule has 1 fully saturated rings. The van der Waals surface area contributed by atoms with Crippen molar-refractivity contribution in [3.05, 3.63) is 15.8 Å². The molecule has 1 N–H and O–H groups in total. The zero-order valence-corrected chi connectivity index (χ0v) is 14.0. The minimum atomic E-state index is -0.351. The summed E-state index contributed by atoms with van der Waals surface area (Å²) in [5.41, 5.74) is 0.540. The third-order valence-corrected chi connectivity index (χ3v) is 4.71. The fraction of sp³-hybridized carbons (Fsp3) is 0.800. The van der Waals surface area contributed by atoms with Gasteiger partial charge in [0, 0.05) is 19.6 Å². The number of aryl methyl sites for hydroxylation is 2. The van der Waals surface area contributed by atoms with Crippen molar-refractivity contribution in [2.75, 3.05) is 26.0 Å². The van der Waals surface area contributed by atoms with Crippen molar-refractivity contribution in [3.8, 4) is 0 Å². The van der Waals surface area contributed by atoms with E-state index in [2.05, 4.69) is 29.4 Å².